The van der Waals surface area contributed by atoms with Gasteiger partial charge < -0.3 is 10.3 Å². The first-order valence-corrected chi connectivity index (χ1v) is 7.66. The van der Waals surface area contributed by atoms with E-state index in [4.69, 9.17) is 21.9 Å². The van der Waals surface area contributed by atoms with Gasteiger partial charge in [0, 0.05) is 5.02 Å². The molecule has 1 aromatic carbocycles. The summed E-state index contributed by atoms with van der Waals surface area (Å²) in [6, 6.07) is 6.92. The number of thioether (sulfide) groups is 1. The Morgan fingerprint density at radius 3 is 2.95 bits per heavy atom. The molecule has 1 aromatic heterocycles. The Labute approximate surface area is 121 Å². The zero-order valence-electron chi connectivity index (χ0n) is 10.7. The van der Waals surface area contributed by atoms with Crippen LogP contribution in [0.1, 0.15) is 36.7 Å². The molecule has 0 spiro atoms. The van der Waals surface area contributed by atoms with Crippen molar-refractivity contribution in [3.05, 3.63) is 46.6 Å². The summed E-state index contributed by atoms with van der Waals surface area (Å²) in [7, 11) is 0. The summed E-state index contributed by atoms with van der Waals surface area (Å²) in [6.07, 6.45) is 1.13. The zero-order valence-corrected chi connectivity index (χ0v) is 12.2. The van der Waals surface area contributed by atoms with E-state index in [-0.39, 0.29) is 0 Å². The average Bonchev–Trinajstić information content (AvgIpc) is 2.88. The van der Waals surface area contributed by atoms with Crippen LogP contribution in [0.3, 0.4) is 0 Å². The Balaban J connectivity index is 2.08. The minimum atomic E-state index is -0.480. The molecule has 0 aliphatic carbocycles. The van der Waals surface area contributed by atoms with Crippen molar-refractivity contribution in [2.24, 2.45) is 5.73 Å². The number of hydrogen-bond donors (Lipinski definition) is 1. The zero-order chi connectivity index (χ0) is 13.7. The molecule has 4 nitrogen and oxygen atoms in total. The summed E-state index contributed by atoms with van der Waals surface area (Å²) in [5.41, 5.74) is 6.89. The Bertz CT molecular complexity index is 532. The Morgan fingerprint density at radius 2 is 2.21 bits per heavy atom. The topological polar surface area (TPSA) is 64.9 Å². The third-order valence-corrected chi connectivity index (χ3v) is 4.07. The van der Waals surface area contributed by atoms with Gasteiger partial charge in [0.1, 0.15) is 6.04 Å². The van der Waals surface area contributed by atoms with Gasteiger partial charge in [-0.2, -0.15) is 16.7 Å². The lowest BCUT2D eigenvalue weighted by Crippen LogP contribution is -2.12. The molecule has 0 amide bonds. The van der Waals surface area contributed by atoms with E-state index < -0.39 is 6.04 Å². The van der Waals surface area contributed by atoms with E-state index in [1.807, 2.05) is 18.2 Å². The molecule has 6 heteroatoms. The highest BCUT2D eigenvalue weighted by molar-refractivity contribution is 7.98. The van der Waals surface area contributed by atoms with Gasteiger partial charge in [-0.3, -0.25) is 0 Å². The molecule has 1 atom stereocenters. The van der Waals surface area contributed by atoms with Gasteiger partial charge >= 0.3 is 0 Å². The van der Waals surface area contributed by atoms with E-state index in [1.54, 1.807) is 17.8 Å². The lowest BCUT2D eigenvalue weighted by atomic mass is 10.1. The van der Waals surface area contributed by atoms with Crippen molar-refractivity contribution < 1.29 is 4.52 Å². The molecular weight excluding hydrogens is 282 g/mol. The predicted octanol–water partition coefficient (Wildman–Crippen LogP) is 3.41. The summed E-state index contributed by atoms with van der Waals surface area (Å²) in [4.78, 5) is 4.32. The van der Waals surface area contributed by atoms with Gasteiger partial charge in [0.25, 0.3) is 0 Å². The number of nitrogens with zero attached hydrogens (tertiary/aromatic N) is 2. The van der Waals surface area contributed by atoms with Crippen molar-refractivity contribution in [3.8, 4) is 0 Å². The van der Waals surface area contributed by atoms with Crippen molar-refractivity contribution in [2.75, 3.05) is 5.75 Å². The van der Waals surface area contributed by atoms with Crippen LogP contribution in [0, 0.1) is 0 Å². The lowest BCUT2D eigenvalue weighted by molar-refractivity contribution is 0.363. The quantitative estimate of drug-likeness (QED) is 0.828. The number of halogens is 1. The molecule has 0 radical (unpaired) electrons. The molecule has 0 unspecified atom stereocenters. The third kappa shape index (κ3) is 3.72. The maximum Gasteiger partial charge on any atom is 0.248 e. The smallest absolute Gasteiger partial charge is 0.248 e. The summed E-state index contributed by atoms with van der Waals surface area (Å²) < 4.78 is 5.21. The molecule has 102 valence electrons. The fourth-order valence-corrected chi connectivity index (χ4v) is 2.61. The molecule has 1 heterocycles. The first kappa shape index (κ1) is 14.4. The van der Waals surface area contributed by atoms with Gasteiger partial charge in [-0.25, -0.2) is 0 Å². The first-order chi connectivity index (χ1) is 9.22. The SMILES string of the molecule is CCCSCc1noc([C@H](N)c2ccccc2Cl)n1. The van der Waals surface area contributed by atoms with Crippen molar-refractivity contribution in [3.63, 3.8) is 0 Å². The van der Waals surface area contributed by atoms with E-state index in [0.29, 0.717) is 16.7 Å². The first-order valence-electron chi connectivity index (χ1n) is 6.12. The van der Waals surface area contributed by atoms with Gasteiger partial charge in [-0.05, 0) is 23.8 Å². The predicted molar refractivity (Wildman–Crippen MR) is 78.2 cm³/mol. The molecule has 0 aliphatic heterocycles. The van der Waals surface area contributed by atoms with Crippen LogP contribution in [0.15, 0.2) is 28.8 Å². The van der Waals surface area contributed by atoms with Crippen molar-refractivity contribution in [1.29, 1.82) is 0 Å². The fraction of sp³-hybridized carbons (Fsp3) is 0.385. The minimum Gasteiger partial charge on any atom is -0.337 e. The molecule has 0 saturated carbocycles. The molecular formula is C13H16ClN3OS. The Hall–Kier alpha value is -1.04. The molecule has 0 aliphatic rings. The van der Waals surface area contributed by atoms with E-state index in [9.17, 15) is 0 Å². The number of rotatable bonds is 6. The van der Waals surface area contributed by atoms with Crippen molar-refractivity contribution in [1.82, 2.24) is 10.1 Å². The second kappa shape index (κ2) is 6.93. The van der Waals surface area contributed by atoms with Gasteiger partial charge in [0.05, 0.1) is 5.75 Å². The van der Waals surface area contributed by atoms with Gasteiger partial charge in [-0.15, -0.1) is 0 Å². The number of benzene rings is 1. The molecule has 0 saturated heterocycles. The Kier molecular flexibility index (Phi) is 5.24. The largest absolute Gasteiger partial charge is 0.337 e. The summed E-state index contributed by atoms with van der Waals surface area (Å²) in [5.74, 6) is 2.91. The Morgan fingerprint density at radius 1 is 1.42 bits per heavy atom. The van der Waals surface area contributed by atoms with E-state index >= 15 is 0 Å². The monoisotopic (exact) mass is 297 g/mol. The fourth-order valence-electron chi connectivity index (χ4n) is 1.62. The van der Waals surface area contributed by atoms with Crippen LogP contribution in [0.5, 0.6) is 0 Å². The van der Waals surface area contributed by atoms with Crippen LogP contribution in [-0.4, -0.2) is 15.9 Å². The van der Waals surface area contributed by atoms with E-state index in [0.717, 1.165) is 23.5 Å². The maximum atomic E-state index is 6.10. The van der Waals surface area contributed by atoms with Crippen molar-refractivity contribution in [2.45, 2.75) is 25.1 Å². The maximum absolute atomic E-state index is 6.10. The molecule has 0 bridgehead atoms. The highest BCUT2D eigenvalue weighted by atomic mass is 35.5. The normalized spacial score (nSPS) is 12.6. The third-order valence-electron chi connectivity index (χ3n) is 2.57. The van der Waals surface area contributed by atoms with Gasteiger partial charge in [-0.1, -0.05) is 41.9 Å². The molecule has 0 fully saturated rings. The van der Waals surface area contributed by atoms with Crippen LogP contribution in [0.25, 0.3) is 0 Å². The summed E-state index contributed by atoms with van der Waals surface area (Å²) >= 11 is 7.88. The van der Waals surface area contributed by atoms with Crippen LogP contribution >= 0.6 is 23.4 Å². The molecule has 19 heavy (non-hydrogen) atoms. The van der Waals surface area contributed by atoms with Crippen LogP contribution in [-0.2, 0) is 5.75 Å². The highest BCUT2D eigenvalue weighted by Gasteiger charge is 2.18. The summed E-state index contributed by atoms with van der Waals surface area (Å²) in [5, 5.41) is 4.54. The van der Waals surface area contributed by atoms with Gasteiger partial charge in [0.2, 0.25) is 5.89 Å². The molecule has 2 aromatic rings. The number of nitrogens with two attached hydrogens (primary N) is 1. The molecule has 2 N–H and O–H groups in total. The second-order valence-corrected chi connectivity index (χ2v) is 5.61. The minimum absolute atomic E-state index is 0.403. The number of hydrogen-bond acceptors (Lipinski definition) is 5. The van der Waals surface area contributed by atoms with Crippen LogP contribution < -0.4 is 5.73 Å². The average molecular weight is 298 g/mol. The van der Waals surface area contributed by atoms with Gasteiger partial charge in [0.15, 0.2) is 5.82 Å². The standard InChI is InChI=1S/C13H16ClN3OS/c1-2-7-19-8-11-16-13(18-17-11)12(15)9-5-3-4-6-10(9)14/h3-6,12H,2,7-8,15H2,1H3/t12-/m1/s1. The van der Waals surface area contributed by atoms with Crippen LogP contribution in [0.2, 0.25) is 5.02 Å². The highest BCUT2D eigenvalue weighted by Crippen LogP contribution is 2.25. The van der Waals surface area contributed by atoms with E-state index in [1.165, 1.54) is 0 Å². The second-order valence-electron chi connectivity index (χ2n) is 4.10. The molecule has 2 rings (SSSR count). The lowest BCUT2D eigenvalue weighted by Gasteiger charge is -2.08. The van der Waals surface area contributed by atoms with Crippen LogP contribution in [0.4, 0.5) is 0 Å². The number of aromatic nitrogens is 2. The van der Waals surface area contributed by atoms with Crippen molar-refractivity contribution >= 4 is 23.4 Å². The summed E-state index contributed by atoms with van der Waals surface area (Å²) in [6.45, 7) is 2.14. The van der Waals surface area contributed by atoms with E-state index in [2.05, 4.69) is 17.1 Å².